The van der Waals surface area contributed by atoms with Gasteiger partial charge in [-0.1, -0.05) is 18.7 Å². The standard InChI is InChI=1S/C12H19N5S/c1-3-6-14-12(7-13,10-4-5-10)8-18-11-15-9(2)16-17-11/h10,14H,3-6,8H2,1-2H3,(H,15,16,17). The number of aryl methyl sites for hydroxylation is 1. The van der Waals surface area contributed by atoms with Crippen LogP contribution >= 0.6 is 11.8 Å². The highest BCUT2D eigenvalue weighted by atomic mass is 32.2. The van der Waals surface area contributed by atoms with Gasteiger partial charge in [-0.15, -0.1) is 5.10 Å². The van der Waals surface area contributed by atoms with Gasteiger partial charge in [0.2, 0.25) is 5.16 Å². The predicted molar refractivity (Wildman–Crippen MR) is 71.2 cm³/mol. The van der Waals surface area contributed by atoms with Crippen LogP contribution < -0.4 is 5.32 Å². The SMILES string of the molecule is CCCNC(C#N)(CSc1n[nH]c(C)n1)C1CC1. The Morgan fingerprint density at radius 1 is 1.61 bits per heavy atom. The second-order valence-corrected chi connectivity index (χ2v) is 5.72. The molecule has 1 aliphatic carbocycles. The van der Waals surface area contributed by atoms with Crippen LogP contribution in [0.25, 0.3) is 0 Å². The molecule has 1 aliphatic rings. The topological polar surface area (TPSA) is 77.4 Å². The molecule has 2 N–H and O–H groups in total. The number of rotatable bonds is 7. The lowest BCUT2D eigenvalue weighted by molar-refractivity contribution is 0.405. The molecule has 1 unspecified atom stereocenters. The lowest BCUT2D eigenvalue weighted by atomic mass is 9.97. The molecular formula is C12H19N5S. The molecule has 1 saturated carbocycles. The molecule has 1 aromatic rings. The molecule has 98 valence electrons. The number of hydrogen-bond donors (Lipinski definition) is 2. The van der Waals surface area contributed by atoms with E-state index >= 15 is 0 Å². The van der Waals surface area contributed by atoms with Crippen molar-refractivity contribution in [3.8, 4) is 6.07 Å². The number of thioether (sulfide) groups is 1. The van der Waals surface area contributed by atoms with Crippen molar-refractivity contribution in [3.63, 3.8) is 0 Å². The summed E-state index contributed by atoms with van der Waals surface area (Å²) < 4.78 is 0. The maximum atomic E-state index is 9.52. The third-order valence-electron chi connectivity index (χ3n) is 3.17. The van der Waals surface area contributed by atoms with Gasteiger partial charge in [-0.25, -0.2) is 4.98 Å². The minimum Gasteiger partial charge on any atom is -0.298 e. The van der Waals surface area contributed by atoms with Gasteiger partial charge in [0.1, 0.15) is 11.4 Å². The first-order valence-corrected chi connectivity index (χ1v) is 7.37. The van der Waals surface area contributed by atoms with Crippen molar-refractivity contribution >= 4 is 11.8 Å². The highest BCUT2D eigenvalue weighted by molar-refractivity contribution is 7.99. The predicted octanol–water partition coefficient (Wildman–Crippen LogP) is 1.88. The minimum absolute atomic E-state index is 0.408. The van der Waals surface area contributed by atoms with Gasteiger partial charge < -0.3 is 0 Å². The molecule has 5 nitrogen and oxygen atoms in total. The number of H-pyrrole nitrogens is 1. The molecule has 1 fully saturated rings. The van der Waals surface area contributed by atoms with Crippen molar-refractivity contribution in [1.82, 2.24) is 20.5 Å². The highest BCUT2D eigenvalue weighted by Gasteiger charge is 2.45. The molecule has 0 amide bonds. The number of nitrogens with one attached hydrogen (secondary N) is 2. The van der Waals surface area contributed by atoms with Gasteiger partial charge >= 0.3 is 0 Å². The van der Waals surface area contributed by atoms with E-state index in [2.05, 4.69) is 33.5 Å². The zero-order valence-corrected chi connectivity index (χ0v) is 11.7. The Morgan fingerprint density at radius 2 is 2.39 bits per heavy atom. The number of aromatic amines is 1. The Labute approximate surface area is 112 Å². The highest BCUT2D eigenvalue weighted by Crippen LogP contribution is 2.41. The smallest absolute Gasteiger partial charge is 0.208 e. The Bertz CT molecular complexity index is 434. The minimum atomic E-state index is -0.408. The van der Waals surface area contributed by atoms with E-state index in [4.69, 9.17) is 0 Å². The lowest BCUT2D eigenvalue weighted by Gasteiger charge is -2.27. The van der Waals surface area contributed by atoms with E-state index < -0.39 is 5.54 Å². The molecule has 0 radical (unpaired) electrons. The largest absolute Gasteiger partial charge is 0.298 e. The van der Waals surface area contributed by atoms with Gasteiger partial charge in [0.15, 0.2) is 0 Å². The summed E-state index contributed by atoms with van der Waals surface area (Å²) in [5, 5.41) is 20.6. The van der Waals surface area contributed by atoms with Crippen molar-refractivity contribution in [3.05, 3.63) is 5.82 Å². The third kappa shape index (κ3) is 3.03. The summed E-state index contributed by atoms with van der Waals surface area (Å²) in [6.07, 6.45) is 3.34. The summed E-state index contributed by atoms with van der Waals surface area (Å²) in [4.78, 5) is 4.27. The summed E-state index contributed by atoms with van der Waals surface area (Å²) in [6, 6.07) is 2.49. The molecule has 1 heterocycles. The molecule has 2 rings (SSSR count). The first kappa shape index (κ1) is 13.4. The van der Waals surface area contributed by atoms with Crippen molar-refractivity contribution in [2.75, 3.05) is 12.3 Å². The molecule has 1 atom stereocenters. The van der Waals surface area contributed by atoms with Gasteiger partial charge in [-0.3, -0.25) is 10.4 Å². The molecule has 18 heavy (non-hydrogen) atoms. The van der Waals surface area contributed by atoms with E-state index in [1.807, 2.05) is 6.92 Å². The maximum Gasteiger partial charge on any atom is 0.208 e. The number of nitrogens with zero attached hydrogens (tertiary/aromatic N) is 3. The van der Waals surface area contributed by atoms with Gasteiger partial charge in [0.25, 0.3) is 0 Å². The molecule has 1 aromatic heterocycles. The monoisotopic (exact) mass is 265 g/mol. The van der Waals surface area contributed by atoms with E-state index in [1.165, 1.54) is 0 Å². The van der Waals surface area contributed by atoms with E-state index in [-0.39, 0.29) is 0 Å². The van der Waals surface area contributed by atoms with Crippen molar-refractivity contribution in [1.29, 1.82) is 5.26 Å². The van der Waals surface area contributed by atoms with Gasteiger partial charge in [0, 0.05) is 5.75 Å². The molecular weight excluding hydrogens is 246 g/mol. The van der Waals surface area contributed by atoms with Gasteiger partial charge in [-0.2, -0.15) is 5.26 Å². The zero-order valence-electron chi connectivity index (χ0n) is 10.9. The van der Waals surface area contributed by atoms with Crippen LogP contribution in [0.4, 0.5) is 0 Å². The fourth-order valence-corrected chi connectivity index (χ4v) is 3.04. The molecule has 0 bridgehead atoms. The Hall–Kier alpha value is -1.06. The van der Waals surface area contributed by atoms with Crippen LogP contribution in [0, 0.1) is 24.2 Å². The lowest BCUT2D eigenvalue weighted by Crippen LogP contribution is -2.48. The fourth-order valence-electron chi connectivity index (χ4n) is 1.97. The molecule has 0 aliphatic heterocycles. The summed E-state index contributed by atoms with van der Waals surface area (Å²) in [5.41, 5.74) is -0.408. The average Bonchev–Trinajstić information content (AvgIpc) is 3.14. The van der Waals surface area contributed by atoms with Gasteiger partial charge in [0.05, 0.1) is 6.07 Å². The second-order valence-electron chi connectivity index (χ2n) is 4.78. The van der Waals surface area contributed by atoms with Crippen LogP contribution in [-0.2, 0) is 0 Å². The third-order valence-corrected chi connectivity index (χ3v) is 4.21. The van der Waals surface area contributed by atoms with Crippen LogP contribution in [0.3, 0.4) is 0 Å². The first-order valence-electron chi connectivity index (χ1n) is 6.38. The van der Waals surface area contributed by atoms with E-state index in [0.717, 1.165) is 36.8 Å². The van der Waals surface area contributed by atoms with Crippen molar-refractivity contribution < 1.29 is 0 Å². The molecule has 0 aromatic carbocycles. The van der Waals surface area contributed by atoms with E-state index in [0.29, 0.717) is 11.7 Å². The number of nitriles is 1. The summed E-state index contributed by atoms with van der Waals surface area (Å²) in [5.74, 6) is 2.01. The van der Waals surface area contributed by atoms with E-state index in [1.54, 1.807) is 11.8 Å². The Morgan fingerprint density at radius 3 is 2.89 bits per heavy atom. The van der Waals surface area contributed by atoms with Crippen LogP contribution in [0.1, 0.15) is 32.0 Å². The zero-order chi connectivity index (χ0) is 13.0. The van der Waals surface area contributed by atoms with Crippen LogP contribution in [0.15, 0.2) is 5.16 Å². The Balaban J connectivity index is 1.98. The molecule has 0 spiro atoms. The normalized spacial score (nSPS) is 18.3. The number of aromatic nitrogens is 3. The average molecular weight is 265 g/mol. The number of hydrogen-bond acceptors (Lipinski definition) is 5. The Kier molecular flexibility index (Phi) is 4.25. The summed E-state index contributed by atoms with van der Waals surface area (Å²) >= 11 is 1.55. The molecule has 0 saturated heterocycles. The summed E-state index contributed by atoms with van der Waals surface area (Å²) in [6.45, 7) is 4.89. The quantitative estimate of drug-likeness (QED) is 0.736. The first-order chi connectivity index (χ1) is 8.70. The van der Waals surface area contributed by atoms with Crippen LogP contribution in [0.2, 0.25) is 0 Å². The second kappa shape index (κ2) is 5.72. The maximum absolute atomic E-state index is 9.52. The van der Waals surface area contributed by atoms with Crippen LogP contribution in [0.5, 0.6) is 0 Å². The van der Waals surface area contributed by atoms with E-state index in [9.17, 15) is 5.26 Å². The summed E-state index contributed by atoms with van der Waals surface area (Å²) in [7, 11) is 0. The van der Waals surface area contributed by atoms with Crippen molar-refractivity contribution in [2.45, 2.75) is 43.8 Å². The van der Waals surface area contributed by atoms with Gasteiger partial charge in [-0.05, 0) is 38.6 Å². The van der Waals surface area contributed by atoms with Crippen LogP contribution in [-0.4, -0.2) is 33.0 Å². The molecule has 6 heteroatoms. The fraction of sp³-hybridized carbons (Fsp3) is 0.750. The van der Waals surface area contributed by atoms with Crippen molar-refractivity contribution in [2.24, 2.45) is 5.92 Å².